The fourth-order valence-electron chi connectivity index (χ4n) is 1.31. The van der Waals surface area contributed by atoms with Gasteiger partial charge in [-0.2, -0.15) is 0 Å². The van der Waals surface area contributed by atoms with Crippen LogP contribution in [0.4, 0.5) is 10.8 Å². The minimum absolute atomic E-state index is 0.416. The molecule has 0 atom stereocenters. The summed E-state index contributed by atoms with van der Waals surface area (Å²) in [4.78, 5) is 15.6. The van der Waals surface area contributed by atoms with Gasteiger partial charge in [0.2, 0.25) is 0 Å². The zero-order valence-electron chi connectivity index (χ0n) is 8.94. The number of hydrogen-bond donors (Lipinski definition) is 1. The molecule has 0 aliphatic heterocycles. The van der Waals surface area contributed by atoms with E-state index in [0.717, 1.165) is 0 Å². The van der Waals surface area contributed by atoms with Crippen molar-refractivity contribution in [2.45, 2.75) is 0 Å². The van der Waals surface area contributed by atoms with Gasteiger partial charge in [0.1, 0.15) is 0 Å². The number of methoxy groups -OCH3 is 1. The summed E-state index contributed by atoms with van der Waals surface area (Å²) >= 11 is 7.33. The predicted octanol–water partition coefficient (Wildman–Crippen LogP) is 3.33. The van der Waals surface area contributed by atoms with Gasteiger partial charge in [0.05, 0.1) is 18.4 Å². The number of halogens is 1. The van der Waals surface area contributed by atoms with Gasteiger partial charge in [-0.25, -0.2) is 9.78 Å². The molecule has 0 radical (unpaired) electrons. The number of carbonyl (C=O) groups excluding carboxylic acids is 1. The maximum Gasteiger partial charge on any atom is 0.339 e. The van der Waals surface area contributed by atoms with Crippen molar-refractivity contribution in [1.82, 2.24) is 4.98 Å². The SMILES string of the molecule is COC(=O)c1ccc(Cl)cc1Nc1nccs1. The summed E-state index contributed by atoms with van der Waals surface area (Å²) in [6.45, 7) is 0. The number of thiazole rings is 1. The third kappa shape index (κ3) is 2.75. The number of aromatic nitrogens is 1. The number of rotatable bonds is 3. The molecule has 0 unspecified atom stereocenters. The lowest BCUT2D eigenvalue weighted by Crippen LogP contribution is -2.05. The van der Waals surface area contributed by atoms with Crippen molar-refractivity contribution in [2.75, 3.05) is 12.4 Å². The smallest absolute Gasteiger partial charge is 0.339 e. The standard InChI is InChI=1S/C11H9ClN2O2S/c1-16-10(15)8-3-2-7(12)6-9(8)14-11-13-4-5-17-11/h2-6H,1H3,(H,13,14). The van der Waals surface area contributed by atoms with Crippen LogP contribution in [0.25, 0.3) is 0 Å². The Bertz CT molecular complexity index is 528. The molecule has 0 saturated carbocycles. The highest BCUT2D eigenvalue weighted by Gasteiger charge is 2.12. The van der Waals surface area contributed by atoms with E-state index in [1.165, 1.54) is 18.4 Å². The van der Waals surface area contributed by atoms with Gasteiger partial charge in [-0.3, -0.25) is 0 Å². The lowest BCUT2D eigenvalue weighted by Gasteiger charge is -2.08. The molecule has 17 heavy (non-hydrogen) atoms. The number of esters is 1. The fourth-order valence-corrected chi connectivity index (χ4v) is 2.02. The van der Waals surface area contributed by atoms with Gasteiger partial charge in [-0.05, 0) is 18.2 Å². The molecule has 2 rings (SSSR count). The highest BCUT2D eigenvalue weighted by atomic mass is 35.5. The van der Waals surface area contributed by atoms with E-state index in [1.54, 1.807) is 24.4 Å². The molecule has 6 heteroatoms. The molecule has 88 valence electrons. The van der Waals surface area contributed by atoms with Crippen LogP contribution in [-0.2, 0) is 4.74 Å². The Hall–Kier alpha value is -1.59. The van der Waals surface area contributed by atoms with Crippen molar-refractivity contribution in [3.63, 3.8) is 0 Å². The molecular weight excluding hydrogens is 260 g/mol. The van der Waals surface area contributed by atoms with Gasteiger partial charge in [0.15, 0.2) is 5.13 Å². The van der Waals surface area contributed by atoms with Crippen LogP contribution in [0, 0.1) is 0 Å². The average Bonchev–Trinajstić information content (AvgIpc) is 2.81. The number of nitrogens with zero attached hydrogens (tertiary/aromatic N) is 1. The molecule has 0 saturated heterocycles. The van der Waals surface area contributed by atoms with E-state index in [1.807, 2.05) is 5.38 Å². The Labute approximate surface area is 107 Å². The lowest BCUT2D eigenvalue weighted by molar-refractivity contribution is 0.0602. The molecule has 0 aliphatic carbocycles. The van der Waals surface area contributed by atoms with Gasteiger partial charge in [0.25, 0.3) is 0 Å². The summed E-state index contributed by atoms with van der Waals surface area (Å²) in [6, 6.07) is 4.92. The molecule has 4 nitrogen and oxygen atoms in total. The Morgan fingerprint density at radius 2 is 2.35 bits per heavy atom. The van der Waals surface area contributed by atoms with Crippen LogP contribution in [0.2, 0.25) is 5.02 Å². The normalized spacial score (nSPS) is 10.0. The quantitative estimate of drug-likeness (QED) is 0.868. The highest BCUT2D eigenvalue weighted by molar-refractivity contribution is 7.13. The maximum atomic E-state index is 11.6. The van der Waals surface area contributed by atoms with Crippen molar-refractivity contribution in [1.29, 1.82) is 0 Å². The zero-order chi connectivity index (χ0) is 12.3. The second-order valence-corrected chi connectivity index (χ2v) is 4.47. The Kier molecular flexibility index (Phi) is 3.61. The number of nitrogens with one attached hydrogen (secondary N) is 1. The predicted molar refractivity (Wildman–Crippen MR) is 68.2 cm³/mol. The number of anilines is 2. The van der Waals surface area contributed by atoms with Crippen LogP contribution in [-0.4, -0.2) is 18.1 Å². The molecule has 1 heterocycles. The number of benzene rings is 1. The van der Waals surface area contributed by atoms with Crippen LogP contribution in [0.15, 0.2) is 29.8 Å². The molecule has 0 spiro atoms. The number of ether oxygens (including phenoxy) is 1. The summed E-state index contributed by atoms with van der Waals surface area (Å²) in [5.41, 5.74) is 1.01. The summed E-state index contributed by atoms with van der Waals surface area (Å²) < 4.78 is 4.70. The van der Waals surface area contributed by atoms with Gasteiger partial charge in [-0.1, -0.05) is 11.6 Å². The lowest BCUT2D eigenvalue weighted by atomic mass is 10.2. The zero-order valence-corrected chi connectivity index (χ0v) is 10.5. The van der Waals surface area contributed by atoms with Gasteiger partial charge in [0, 0.05) is 16.6 Å². The number of hydrogen-bond acceptors (Lipinski definition) is 5. The Morgan fingerprint density at radius 1 is 1.53 bits per heavy atom. The largest absolute Gasteiger partial charge is 0.465 e. The minimum atomic E-state index is -0.416. The summed E-state index contributed by atoms with van der Waals surface area (Å²) in [5.74, 6) is -0.416. The maximum absolute atomic E-state index is 11.6. The van der Waals surface area contributed by atoms with Gasteiger partial charge < -0.3 is 10.1 Å². The van der Waals surface area contributed by atoms with E-state index in [4.69, 9.17) is 16.3 Å². The van der Waals surface area contributed by atoms with E-state index in [0.29, 0.717) is 21.4 Å². The first-order valence-electron chi connectivity index (χ1n) is 4.75. The van der Waals surface area contributed by atoms with Gasteiger partial charge >= 0.3 is 5.97 Å². The second-order valence-electron chi connectivity index (χ2n) is 3.14. The van der Waals surface area contributed by atoms with E-state index in [9.17, 15) is 4.79 Å². The van der Waals surface area contributed by atoms with Crippen molar-refractivity contribution in [3.05, 3.63) is 40.4 Å². The average molecular weight is 269 g/mol. The Morgan fingerprint density at radius 3 is 3.00 bits per heavy atom. The van der Waals surface area contributed by atoms with Crippen molar-refractivity contribution in [3.8, 4) is 0 Å². The monoisotopic (exact) mass is 268 g/mol. The molecule has 0 fully saturated rings. The Balaban J connectivity index is 2.36. The molecule has 1 aromatic carbocycles. The second kappa shape index (κ2) is 5.16. The first kappa shape index (κ1) is 11.9. The van der Waals surface area contributed by atoms with Crippen LogP contribution in [0.1, 0.15) is 10.4 Å². The fraction of sp³-hybridized carbons (Fsp3) is 0.0909. The van der Waals surface area contributed by atoms with Crippen molar-refractivity contribution in [2.24, 2.45) is 0 Å². The molecule has 0 amide bonds. The topological polar surface area (TPSA) is 51.2 Å². The highest BCUT2D eigenvalue weighted by Crippen LogP contribution is 2.26. The molecule has 1 aromatic heterocycles. The first-order chi connectivity index (χ1) is 8.20. The van der Waals surface area contributed by atoms with E-state index in [2.05, 4.69) is 10.3 Å². The van der Waals surface area contributed by atoms with Crippen LogP contribution < -0.4 is 5.32 Å². The molecule has 2 aromatic rings. The summed E-state index contributed by atoms with van der Waals surface area (Å²) in [7, 11) is 1.34. The van der Waals surface area contributed by atoms with E-state index >= 15 is 0 Å². The third-order valence-electron chi connectivity index (χ3n) is 2.06. The minimum Gasteiger partial charge on any atom is -0.465 e. The van der Waals surface area contributed by atoms with E-state index < -0.39 is 5.97 Å². The summed E-state index contributed by atoms with van der Waals surface area (Å²) in [6.07, 6.45) is 1.68. The molecule has 0 aliphatic rings. The third-order valence-corrected chi connectivity index (χ3v) is 2.98. The molecule has 0 bridgehead atoms. The van der Waals surface area contributed by atoms with Crippen LogP contribution >= 0.6 is 22.9 Å². The molecular formula is C11H9ClN2O2S. The first-order valence-corrected chi connectivity index (χ1v) is 6.01. The van der Waals surface area contributed by atoms with Crippen molar-refractivity contribution >= 4 is 39.7 Å². The van der Waals surface area contributed by atoms with Crippen LogP contribution in [0.5, 0.6) is 0 Å². The van der Waals surface area contributed by atoms with Gasteiger partial charge in [-0.15, -0.1) is 11.3 Å². The van der Waals surface area contributed by atoms with E-state index in [-0.39, 0.29) is 0 Å². The molecule has 1 N–H and O–H groups in total. The van der Waals surface area contributed by atoms with Crippen LogP contribution in [0.3, 0.4) is 0 Å². The summed E-state index contributed by atoms with van der Waals surface area (Å²) in [5, 5.41) is 6.10. The van der Waals surface area contributed by atoms with Crippen molar-refractivity contribution < 1.29 is 9.53 Å². The number of carbonyl (C=O) groups is 1.